The molecule has 0 bridgehead atoms. The van der Waals surface area contributed by atoms with Crippen LogP contribution in [0.4, 0.5) is 30.7 Å². The summed E-state index contributed by atoms with van der Waals surface area (Å²) < 4.78 is 85.1. The van der Waals surface area contributed by atoms with Crippen LogP contribution in [0, 0.1) is 11.8 Å². The summed E-state index contributed by atoms with van der Waals surface area (Å²) in [5, 5.41) is 0. The van der Waals surface area contributed by atoms with E-state index in [0.29, 0.717) is 13.0 Å². The second-order valence-corrected chi connectivity index (χ2v) is 2.04. The lowest BCUT2D eigenvalue weighted by Crippen LogP contribution is -2.35. The maximum absolute atomic E-state index is 12.0. The Labute approximate surface area is 73.8 Å². The monoisotopic (exact) mass is 224 g/mol. The highest BCUT2D eigenvalue weighted by atomic mass is 19.4. The molecule has 8 heteroatoms. The molecule has 0 saturated heterocycles. The first-order chi connectivity index (χ1) is 6.02. The lowest BCUT2D eigenvalue weighted by Gasteiger charge is -2.13. The molecule has 0 aliphatic carbocycles. The molecule has 1 nitrogen and oxygen atoms in total. The summed E-state index contributed by atoms with van der Waals surface area (Å²) in [5.74, 6) is -4.99. The van der Waals surface area contributed by atoms with E-state index >= 15 is 0 Å². The van der Waals surface area contributed by atoms with Gasteiger partial charge in [0.1, 0.15) is 0 Å². The summed E-state index contributed by atoms with van der Waals surface area (Å²) in [6.45, 7) is 0. The molecular formula is C6H3F7O. The third-order valence-corrected chi connectivity index (χ3v) is 0.977. The Balaban J connectivity index is 4.83. The SMILES string of the molecule is COC(F)(F)C#CC(F)(F)C(F)(F)F. The second-order valence-electron chi connectivity index (χ2n) is 2.04. The van der Waals surface area contributed by atoms with Gasteiger partial charge in [0.05, 0.1) is 0 Å². The fourth-order valence-electron chi connectivity index (χ4n) is 0.273. The average molecular weight is 224 g/mol. The van der Waals surface area contributed by atoms with Crippen LogP contribution in [0.1, 0.15) is 0 Å². The highest BCUT2D eigenvalue weighted by Crippen LogP contribution is 2.34. The van der Waals surface area contributed by atoms with Crippen molar-refractivity contribution in [3.63, 3.8) is 0 Å². The normalized spacial score (nSPS) is 13.4. The molecule has 0 aliphatic rings. The molecule has 0 fully saturated rings. The van der Waals surface area contributed by atoms with E-state index in [2.05, 4.69) is 4.74 Å². The van der Waals surface area contributed by atoms with Gasteiger partial charge in [0.15, 0.2) is 0 Å². The number of ether oxygens (including phenoxy) is 1. The van der Waals surface area contributed by atoms with Crippen LogP contribution in [0.2, 0.25) is 0 Å². The van der Waals surface area contributed by atoms with Gasteiger partial charge in [-0.05, 0) is 5.92 Å². The number of methoxy groups -OCH3 is 1. The molecule has 0 N–H and O–H groups in total. The zero-order valence-corrected chi connectivity index (χ0v) is 6.55. The van der Waals surface area contributed by atoms with Crippen LogP contribution in [0.3, 0.4) is 0 Å². The predicted octanol–water partition coefficient (Wildman–Crippen LogP) is 2.43. The zero-order valence-electron chi connectivity index (χ0n) is 6.55. The molecule has 0 aromatic carbocycles. The minimum atomic E-state index is -5.98. The number of alkyl halides is 7. The third-order valence-electron chi connectivity index (χ3n) is 0.977. The van der Waals surface area contributed by atoms with Crippen molar-refractivity contribution < 1.29 is 35.5 Å². The number of hydrogen-bond acceptors (Lipinski definition) is 1. The van der Waals surface area contributed by atoms with Gasteiger partial charge in [-0.2, -0.15) is 30.7 Å². The molecule has 0 aliphatic heterocycles. The molecule has 0 heterocycles. The molecule has 0 atom stereocenters. The average Bonchev–Trinajstić information content (AvgIpc) is 1.99. The standard InChI is InChI=1S/C6H3F7O/c1-14-5(9,10)3-2-4(7,8)6(11,12)13/h1H3. The number of hydrogen-bond donors (Lipinski definition) is 0. The molecule has 82 valence electrons. The largest absolute Gasteiger partial charge is 0.466 e. The van der Waals surface area contributed by atoms with Gasteiger partial charge in [0.25, 0.3) is 0 Å². The molecule has 0 saturated carbocycles. The first-order valence-electron chi connectivity index (χ1n) is 2.94. The summed E-state index contributed by atoms with van der Waals surface area (Å²) in [5.41, 5.74) is 0. The van der Waals surface area contributed by atoms with Crippen LogP contribution in [0.25, 0.3) is 0 Å². The Morgan fingerprint density at radius 3 is 1.57 bits per heavy atom. The van der Waals surface area contributed by atoms with E-state index < -0.39 is 18.2 Å². The van der Waals surface area contributed by atoms with Gasteiger partial charge in [-0.25, -0.2) is 0 Å². The Morgan fingerprint density at radius 1 is 0.857 bits per heavy atom. The third kappa shape index (κ3) is 3.41. The summed E-state index contributed by atoms with van der Waals surface area (Å²) in [6, 6.07) is 0. The van der Waals surface area contributed by atoms with Gasteiger partial charge >= 0.3 is 18.2 Å². The maximum atomic E-state index is 12.0. The Morgan fingerprint density at radius 2 is 1.29 bits per heavy atom. The van der Waals surface area contributed by atoms with E-state index in [1.807, 2.05) is 0 Å². The first kappa shape index (κ1) is 13.0. The minimum absolute atomic E-state index is 0.107. The van der Waals surface area contributed by atoms with Crippen LogP contribution in [-0.4, -0.2) is 25.3 Å². The summed E-state index contributed by atoms with van der Waals surface area (Å²) in [7, 11) is 0.417. The molecule has 0 spiro atoms. The molecule has 0 aromatic rings. The molecule has 0 rings (SSSR count). The fourth-order valence-corrected chi connectivity index (χ4v) is 0.273. The van der Waals surface area contributed by atoms with E-state index in [-0.39, 0.29) is 5.92 Å². The molecule has 14 heavy (non-hydrogen) atoms. The Kier molecular flexibility index (Phi) is 3.40. The summed E-state index contributed by atoms with van der Waals surface area (Å²) in [6.07, 6.45) is -10.3. The van der Waals surface area contributed by atoms with Gasteiger partial charge in [-0.15, -0.1) is 0 Å². The predicted molar refractivity (Wildman–Crippen MR) is 30.7 cm³/mol. The van der Waals surface area contributed by atoms with Crippen LogP contribution in [-0.2, 0) is 4.74 Å². The summed E-state index contributed by atoms with van der Waals surface area (Å²) in [4.78, 5) is 0. The highest BCUT2D eigenvalue weighted by molar-refractivity contribution is 5.15. The van der Waals surface area contributed by atoms with Crippen LogP contribution >= 0.6 is 0 Å². The van der Waals surface area contributed by atoms with E-state index in [0.717, 1.165) is 0 Å². The van der Waals surface area contributed by atoms with Gasteiger partial charge in [0, 0.05) is 13.0 Å². The Bertz CT molecular complexity index is 256. The topological polar surface area (TPSA) is 9.23 Å². The molecule has 0 radical (unpaired) electrons. The lowest BCUT2D eigenvalue weighted by atomic mass is 10.3. The maximum Gasteiger partial charge on any atom is 0.466 e. The van der Waals surface area contributed by atoms with E-state index in [9.17, 15) is 30.7 Å². The van der Waals surface area contributed by atoms with Gasteiger partial charge < -0.3 is 4.74 Å². The van der Waals surface area contributed by atoms with Crippen molar-refractivity contribution >= 4 is 0 Å². The van der Waals surface area contributed by atoms with Crippen molar-refractivity contribution in [3.05, 3.63) is 0 Å². The van der Waals surface area contributed by atoms with Crippen LogP contribution in [0.15, 0.2) is 0 Å². The van der Waals surface area contributed by atoms with Crippen molar-refractivity contribution in [2.24, 2.45) is 0 Å². The first-order valence-corrected chi connectivity index (χ1v) is 2.94. The second kappa shape index (κ2) is 3.65. The van der Waals surface area contributed by atoms with Crippen LogP contribution in [0.5, 0.6) is 0 Å². The van der Waals surface area contributed by atoms with Crippen molar-refractivity contribution in [3.8, 4) is 11.8 Å². The lowest BCUT2D eigenvalue weighted by molar-refractivity contribution is -0.255. The number of rotatable bonds is 1. The molecule has 0 aromatic heterocycles. The fraction of sp³-hybridized carbons (Fsp3) is 0.667. The molecule has 0 amide bonds. The summed E-state index contributed by atoms with van der Waals surface area (Å²) >= 11 is 0. The van der Waals surface area contributed by atoms with Crippen molar-refractivity contribution in [2.75, 3.05) is 7.11 Å². The minimum Gasteiger partial charge on any atom is -0.313 e. The van der Waals surface area contributed by atoms with E-state index in [1.165, 1.54) is 0 Å². The van der Waals surface area contributed by atoms with Crippen molar-refractivity contribution in [1.29, 1.82) is 0 Å². The number of halogens is 7. The van der Waals surface area contributed by atoms with E-state index in [1.54, 1.807) is 0 Å². The van der Waals surface area contributed by atoms with E-state index in [4.69, 9.17) is 0 Å². The highest BCUT2D eigenvalue weighted by Gasteiger charge is 2.57. The molecule has 0 unspecified atom stereocenters. The Hall–Kier alpha value is -0.970. The van der Waals surface area contributed by atoms with Gasteiger partial charge in [-0.3, -0.25) is 0 Å². The van der Waals surface area contributed by atoms with Crippen molar-refractivity contribution in [2.45, 2.75) is 18.2 Å². The quantitative estimate of drug-likeness (QED) is 0.491. The van der Waals surface area contributed by atoms with Gasteiger partial charge in [0.2, 0.25) is 0 Å². The van der Waals surface area contributed by atoms with Gasteiger partial charge in [-0.1, -0.05) is 0 Å². The van der Waals surface area contributed by atoms with Crippen LogP contribution < -0.4 is 0 Å². The van der Waals surface area contributed by atoms with Crippen molar-refractivity contribution in [1.82, 2.24) is 0 Å². The smallest absolute Gasteiger partial charge is 0.313 e. The molecular weight excluding hydrogens is 221 g/mol. The zero-order chi connectivity index (χ0) is 11.6.